The Labute approximate surface area is 117 Å². The predicted octanol–water partition coefficient (Wildman–Crippen LogP) is 2.13. The molecule has 6 heteroatoms. The van der Waals surface area contributed by atoms with E-state index in [1.54, 1.807) is 0 Å². The molecular formula is C13H18ClN5. The third kappa shape index (κ3) is 2.40. The highest BCUT2D eigenvalue weighted by atomic mass is 35.5. The van der Waals surface area contributed by atoms with Gasteiger partial charge in [0.1, 0.15) is 0 Å². The largest absolute Gasteiger partial charge is 0.310 e. The van der Waals surface area contributed by atoms with Crippen molar-refractivity contribution in [3.05, 3.63) is 28.2 Å². The Bertz CT molecular complexity index is 589. The van der Waals surface area contributed by atoms with Gasteiger partial charge in [0.05, 0.1) is 22.6 Å². The molecule has 0 radical (unpaired) electrons. The fraction of sp³-hybridized carbons (Fsp3) is 0.538. The molecule has 5 nitrogen and oxygen atoms in total. The van der Waals surface area contributed by atoms with Crippen LogP contribution >= 0.6 is 11.6 Å². The van der Waals surface area contributed by atoms with Gasteiger partial charge in [-0.3, -0.25) is 4.68 Å². The highest BCUT2D eigenvalue weighted by Gasteiger charge is 2.23. The first-order valence-corrected chi connectivity index (χ1v) is 6.92. The number of aryl methyl sites for hydroxylation is 3. The van der Waals surface area contributed by atoms with Crippen LogP contribution in [0.3, 0.4) is 0 Å². The summed E-state index contributed by atoms with van der Waals surface area (Å²) in [6, 6.07) is 0.676. The molecule has 1 saturated carbocycles. The van der Waals surface area contributed by atoms with Crippen LogP contribution in [0, 0.1) is 13.8 Å². The maximum absolute atomic E-state index is 6.10. The SMILES string of the molecule is Cc1nn(-c2c(CNC3CC3)c(C)nn2C)cc1Cl. The second-order valence-electron chi connectivity index (χ2n) is 5.17. The summed E-state index contributed by atoms with van der Waals surface area (Å²) in [4.78, 5) is 0. The summed E-state index contributed by atoms with van der Waals surface area (Å²) >= 11 is 6.10. The van der Waals surface area contributed by atoms with Crippen LogP contribution in [0.5, 0.6) is 0 Å². The number of hydrogen-bond acceptors (Lipinski definition) is 3. The summed E-state index contributed by atoms with van der Waals surface area (Å²) < 4.78 is 3.68. The predicted molar refractivity (Wildman–Crippen MR) is 74.7 cm³/mol. The Balaban J connectivity index is 1.98. The van der Waals surface area contributed by atoms with Crippen LogP contribution in [-0.4, -0.2) is 25.6 Å². The molecule has 0 aliphatic heterocycles. The molecule has 0 spiro atoms. The van der Waals surface area contributed by atoms with Crippen LogP contribution in [0.4, 0.5) is 0 Å². The van der Waals surface area contributed by atoms with Crippen molar-refractivity contribution in [1.82, 2.24) is 24.9 Å². The van der Waals surface area contributed by atoms with E-state index in [9.17, 15) is 0 Å². The van der Waals surface area contributed by atoms with Gasteiger partial charge in [0.15, 0.2) is 5.82 Å². The Morgan fingerprint density at radius 1 is 1.32 bits per heavy atom. The van der Waals surface area contributed by atoms with Crippen LogP contribution in [0.15, 0.2) is 6.20 Å². The number of rotatable bonds is 4. The Kier molecular flexibility index (Phi) is 3.11. The summed E-state index contributed by atoms with van der Waals surface area (Å²) in [7, 11) is 1.94. The molecule has 2 aromatic rings. The van der Waals surface area contributed by atoms with Crippen LogP contribution < -0.4 is 5.32 Å². The van der Waals surface area contributed by atoms with E-state index in [4.69, 9.17) is 11.6 Å². The lowest BCUT2D eigenvalue weighted by molar-refractivity contribution is 0.663. The number of aromatic nitrogens is 4. The molecular weight excluding hydrogens is 262 g/mol. The molecule has 2 heterocycles. The lowest BCUT2D eigenvalue weighted by Crippen LogP contribution is -2.17. The fourth-order valence-corrected chi connectivity index (χ4v) is 2.39. The van der Waals surface area contributed by atoms with Gasteiger partial charge in [0.2, 0.25) is 0 Å². The highest BCUT2D eigenvalue weighted by molar-refractivity contribution is 6.31. The van der Waals surface area contributed by atoms with E-state index in [-0.39, 0.29) is 0 Å². The van der Waals surface area contributed by atoms with Crippen molar-refractivity contribution in [3.8, 4) is 5.82 Å². The third-order valence-electron chi connectivity index (χ3n) is 3.51. The van der Waals surface area contributed by atoms with E-state index < -0.39 is 0 Å². The Hall–Kier alpha value is -1.33. The quantitative estimate of drug-likeness (QED) is 0.933. The van der Waals surface area contributed by atoms with Crippen LogP contribution in [0.1, 0.15) is 29.8 Å². The minimum atomic E-state index is 0.676. The molecule has 3 rings (SSSR count). The number of hydrogen-bond donors (Lipinski definition) is 1. The van der Waals surface area contributed by atoms with Crippen LogP contribution in [0.25, 0.3) is 5.82 Å². The van der Waals surface area contributed by atoms with Gasteiger partial charge in [-0.15, -0.1) is 0 Å². The molecule has 19 heavy (non-hydrogen) atoms. The molecule has 102 valence electrons. The van der Waals surface area contributed by atoms with Crippen molar-refractivity contribution in [2.24, 2.45) is 7.05 Å². The topological polar surface area (TPSA) is 47.7 Å². The fourth-order valence-electron chi connectivity index (χ4n) is 2.26. The zero-order valence-electron chi connectivity index (χ0n) is 11.4. The summed E-state index contributed by atoms with van der Waals surface area (Å²) in [6.07, 6.45) is 4.40. The first-order valence-electron chi connectivity index (χ1n) is 6.54. The minimum Gasteiger partial charge on any atom is -0.310 e. The monoisotopic (exact) mass is 279 g/mol. The van der Waals surface area contributed by atoms with Gasteiger partial charge in [-0.25, -0.2) is 4.68 Å². The molecule has 0 atom stereocenters. The van der Waals surface area contributed by atoms with Gasteiger partial charge in [-0.1, -0.05) is 11.6 Å². The van der Waals surface area contributed by atoms with Crippen molar-refractivity contribution >= 4 is 11.6 Å². The molecule has 2 aromatic heterocycles. The van der Waals surface area contributed by atoms with Crippen molar-refractivity contribution in [2.75, 3.05) is 0 Å². The standard InChI is InChI=1S/C13H18ClN5/c1-8-11(6-15-10-4-5-10)13(18(3)16-8)19-7-12(14)9(2)17-19/h7,10,15H,4-6H2,1-3H3. The van der Waals surface area contributed by atoms with Crippen molar-refractivity contribution < 1.29 is 0 Å². The second-order valence-corrected chi connectivity index (χ2v) is 5.58. The van der Waals surface area contributed by atoms with E-state index in [2.05, 4.69) is 15.5 Å². The van der Waals surface area contributed by atoms with E-state index in [0.29, 0.717) is 11.1 Å². The van der Waals surface area contributed by atoms with Crippen molar-refractivity contribution in [3.63, 3.8) is 0 Å². The van der Waals surface area contributed by atoms with E-state index in [1.807, 2.05) is 36.5 Å². The van der Waals surface area contributed by atoms with E-state index in [1.165, 1.54) is 18.4 Å². The van der Waals surface area contributed by atoms with E-state index >= 15 is 0 Å². The Morgan fingerprint density at radius 2 is 2.05 bits per heavy atom. The van der Waals surface area contributed by atoms with Gasteiger partial charge >= 0.3 is 0 Å². The molecule has 0 amide bonds. The number of nitrogens with zero attached hydrogens (tertiary/aromatic N) is 4. The second kappa shape index (κ2) is 4.65. The molecule has 0 bridgehead atoms. The molecule has 1 aliphatic rings. The molecule has 1 fully saturated rings. The zero-order chi connectivity index (χ0) is 13.6. The average Bonchev–Trinajstić information content (AvgIpc) is 3.05. The summed E-state index contributed by atoms with van der Waals surface area (Å²) in [5.74, 6) is 0.987. The van der Waals surface area contributed by atoms with Crippen molar-refractivity contribution in [1.29, 1.82) is 0 Å². The average molecular weight is 280 g/mol. The smallest absolute Gasteiger partial charge is 0.156 e. The first-order chi connectivity index (χ1) is 9.06. The van der Waals surface area contributed by atoms with Crippen LogP contribution in [-0.2, 0) is 13.6 Å². The van der Waals surface area contributed by atoms with Crippen LogP contribution in [0.2, 0.25) is 5.02 Å². The first kappa shape index (κ1) is 12.7. The lowest BCUT2D eigenvalue weighted by atomic mass is 10.2. The zero-order valence-corrected chi connectivity index (χ0v) is 12.2. The van der Waals surface area contributed by atoms with Gasteiger partial charge in [0.25, 0.3) is 0 Å². The maximum atomic E-state index is 6.10. The molecule has 0 saturated heterocycles. The van der Waals surface area contributed by atoms with Gasteiger partial charge in [0, 0.05) is 25.2 Å². The Morgan fingerprint density at radius 3 is 2.63 bits per heavy atom. The molecule has 0 unspecified atom stereocenters. The van der Waals surface area contributed by atoms with E-state index in [0.717, 1.165) is 23.8 Å². The lowest BCUT2D eigenvalue weighted by Gasteiger charge is -2.07. The number of halogens is 1. The molecule has 0 aromatic carbocycles. The minimum absolute atomic E-state index is 0.676. The normalized spacial score (nSPS) is 15.2. The molecule has 1 aliphatic carbocycles. The summed E-state index contributed by atoms with van der Waals surface area (Å²) in [6.45, 7) is 4.77. The van der Waals surface area contributed by atoms with Gasteiger partial charge in [-0.05, 0) is 26.7 Å². The number of nitrogens with one attached hydrogen (secondary N) is 1. The third-order valence-corrected chi connectivity index (χ3v) is 3.89. The molecule has 1 N–H and O–H groups in total. The highest BCUT2D eigenvalue weighted by Crippen LogP contribution is 2.23. The van der Waals surface area contributed by atoms with Crippen molar-refractivity contribution in [2.45, 2.75) is 39.3 Å². The summed E-state index contributed by atoms with van der Waals surface area (Å²) in [5, 5.41) is 13.2. The van der Waals surface area contributed by atoms with Gasteiger partial charge in [-0.2, -0.15) is 10.2 Å². The van der Waals surface area contributed by atoms with Gasteiger partial charge < -0.3 is 5.32 Å². The maximum Gasteiger partial charge on any atom is 0.156 e. The summed E-state index contributed by atoms with van der Waals surface area (Å²) in [5.41, 5.74) is 3.06.